The van der Waals surface area contributed by atoms with Crippen molar-refractivity contribution in [3.8, 4) is 11.1 Å². The molecule has 3 nitrogen and oxygen atoms in total. The van der Waals surface area contributed by atoms with Crippen molar-refractivity contribution in [2.75, 3.05) is 12.0 Å². The second-order valence-electron chi connectivity index (χ2n) is 4.60. The Kier molecular flexibility index (Phi) is 4.02. The molecule has 0 aliphatic rings. The molecule has 0 aliphatic carbocycles. The van der Waals surface area contributed by atoms with Crippen molar-refractivity contribution < 1.29 is 13.5 Å². The standard InChI is InChI=1S/C15H16O3S/c1-19(17,18)11-15(16)14-9-7-13(8-10-14)12-5-3-2-4-6-12/h2-10,15-16H,11H2,1H3. The number of hydrogen-bond donors (Lipinski definition) is 1. The number of aliphatic hydroxyl groups is 1. The molecular formula is C15H16O3S. The van der Waals surface area contributed by atoms with Crippen molar-refractivity contribution in [2.24, 2.45) is 0 Å². The Morgan fingerprint density at radius 3 is 2.00 bits per heavy atom. The Balaban J connectivity index is 2.19. The third kappa shape index (κ3) is 3.91. The van der Waals surface area contributed by atoms with Gasteiger partial charge in [0, 0.05) is 6.26 Å². The first-order valence-corrected chi connectivity index (χ1v) is 8.03. The molecule has 0 fully saturated rings. The minimum atomic E-state index is -3.18. The molecule has 0 spiro atoms. The molecule has 0 saturated carbocycles. The van der Waals surface area contributed by atoms with E-state index >= 15 is 0 Å². The van der Waals surface area contributed by atoms with E-state index in [9.17, 15) is 13.5 Å². The molecule has 1 atom stereocenters. The molecule has 1 N–H and O–H groups in total. The molecule has 2 aromatic carbocycles. The first-order chi connectivity index (χ1) is 8.96. The quantitative estimate of drug-likeness (QED) is 0.933. The van der Waals surface area contributed by atoms with Crippen molar-refractivity contribution in [3.05, 3.63) is 60.2 Å². The number of benzene rings is 2. The molecule has 0 heterocycles. The molecule has 0 radical (unpaired) electrons. The highest BCUT2D eigenvalue weighted by Gasteiger charge is 2.14. The first kappa shape index (κ1) is 13.8. The Hall–Kier alpha value is -1.65. The van der Waals surface area contributed by atoms with E-state index in [1.807, 2.05) is 42.5 Å². The van der Waals surface area contributed by atoms with Gasteiger partial charge in [-0.2, -0.15) is 0 Å². The van der Waals surface area contributed by atoms with Gasteiger partial charge in [0.25, 0.3) is 0 Å². The van der Waals surface area contributed by atoms with Crippen LogP contribution >= 0.6 is 0 Å². The largest absolute Gasteiger partial charge is 0.387 e. The molecule has 1 unspecified atom stereocenters. The van der Waals surface area contributed by atoms with E-state index in [-0.39, 0.29) is 5.75 Å². The Morgan fingerprint density at radius 2 is 1.47 bits per heavy atom. The van der Waals surface area contributed by atoms with E-state index in [0.717, 1.165) is 17.4 Å². The molecule has 0 amide bonds. The minimum Gasteiger partial charge on any atom is -0.387 e. The molecule has 0 bridgehead atoms. The highest BCUT2D eigenvalue weighted by atomic mass is 32.2. The van der Waals surface area contributed by atoms with Crippen LogP contribution in [-0.4, -0.2) is 25.5 Å². The monoisotopic (exact) mass is 276 g/mol. The van der Waals surface area contributed by atoms with Gasteiger partial charge in [0.15, 0.2) is 0 Å². The normalized spacial score (nSPS) is 13.2. The van der Waals surface area contributed by atoms with Crippen LogP contribution in [0, 0.1) is 0 Å². The lowest BCUT2D eigenvalue weighted by Gasteiger charge is -2.10. The maximum atomic E-state index is 11.1. The van der Waals surface area contributed by atoms with Gasteiger partial charge in [-0.3, -0.25) is 0 Å². The van der Waals surface area contributed by atoms with Crippen LogP contribution in [0.4, 0.5) is 0 Å². The lowest BCUT2D eigenvalue weighted by molar-refractivity contribution is 0.202. The van der Waals surface area contributed by atoms with Crippen molar-refractivity contribution in [2.45, 2.75) is 6.10 Å². The summed E-state index contributed by atoms with van der Waals surface area (Å²) in [6.45, 7) is 0. The summed E-state index contributed by atoms with van der Waals surface area (Å²) in [7, 11) is -3.18. The zero-order chi connectivity index (χ0) is 13.9. The van der Waals surface area contributed by atoms with E-state index < -0.39 is 15.9 Å². The van der Waals surface area contributed by atoms with Gasteiger partial charge in [0.1, 0.15) is 9.84 Å². The molecule has 0 aromatic heterocycles. The number of aliphatic hydroxyl groups excluding tert-OH is 1. The van der Waals surface area contributed by atoms with Gasteiger partial charge < -0.3 is 5.11 Å². The number of sulfone groups is 1. The van der Waals surface area contributed by atoms with E-state index in [0.29, 0.717) is 5.56 Å². The minimum absolute atomic E-state index is 0.252. The van der Waals surface area contributed by atoms with Crippen LogP contribution in [0.1, 0.15) is 11.7 Å². The van der Waals surface area contributed by atoms with Gasteiger partial charge in [-0.1, -0.05) is 54.6 Å². The Bertz CT molecular complexity index is 631. The highest BCUT2D eigenvalue weighted by molar-refractivity contribution is 7.90. The average molecular weight is 276 g/mol. The van der Waals surface area contributed by atoms with Gasteiger partial charge in [-0.25, -0.2) is 8.42 Å². The van der Waals surface area contributed by atoms with E-state index in [4.69, 9.17) is 0 Å². The molecule has 0 aliphatic heterocycles. The number of hydrogen-bond acceptors (Lipinski definition) is 3. The fourth-order valence-corrected chi connectivity index (χ4v) is 2.68. The highest BCUT2D eigenvalue weighted by Crippen LogP contribution is 2.22. The lowest BCUT2D eigenvalue weighted by atomic mass is 10.0. The van der Waals surface area contributed by atoms with E-state index in [2.05, 4.69) is 0 Å². The summed E-state index contributed by atoms with van der Waals surface area (Å²) in [4.78, 5) is 0. The van der Waals surface area contributed by atoms with Crippen LogP contribution in [0.25, 0.3) is 11.1 Å². The second kappa shape index (κ2) is 5.55. The van der Waals surface area contributed by atoms with Crippen LogP contribution in [-0.2, 0) is 9.84 Å². The summed E-state index contributed by atoms with van der Waals surface area (Å²) in [5, 5.41) is 9.84. The van der Waals surface area contributed by atoms with Crippen molar-refractivity contribution in [1.82, 2.24) is 0 Å². The van der Waals surface area contributed by atoms with Crippen LogP contribution in [0.15, 0.2) is 54.6 Å². The third-order valence-electron chi connectivity index (χ3n) is 2.86. The maximum Gasteiger partial charge on any atom is 0.150 e. The summed E-state index contributed by atoms with van der Waals surface area (Å²) in [6, 6.07) is 17.2. The predicted octanol–water partition coefficient (Wildman–Crippen LogP) is 2.43. The summed E-state index contributed by atoms with van der Waals surface area (Å²) in [5.74, 6) is -0.252. The molecule has 2 aromatic rings. The van der Waals surface area contributed by atoms with Crippen molar-refractivity contribution in [1.29, 1.82) is 0 Å². The molecule has 4 heteroatoms. The van der Waals surface area contributed by atoms with Gasteiger partial charge in [0.05, 0.1) is 11.9 Å². The first-order valence-electron chi connectivity index (χ1n) is 5.97. The van der Waals surface area contributed by atoms with E-state index in [1.54, 1.807) is 12.1 Å². The lowest BCUT2D eigenvalue weighted by Crippen LogP contribution is -2.12. The number of rotatable bonds is 4. The topological polar surface area (TPSA) is 54.4 Å². The zero-order valence-electron chi connectivity index (χ0n) is 10.7. The Labute approximate surface area is 113 Å². The van der Waals surface area contributed by atoms with Crippen molar-refractivity contribution in [3.63, 3.8) is 0 Å². The van der Waals surface area contributed by atoms with Crippen molar-refractivity contribution >= 4 is 9.84 Å². The fourth-order valence-electron chi connectivity index (χ4n) is 1.91. The summed E-state index contributed by atoms with van der Waals surface area (Å²) in [5.41, 5.74) is 2.74. The smallest absolute Gasteiger partial charge is 0.150 e. The molecule has 100 valence electrons. The predicted molar refractivity (Wildman–Crippen MR) is 76.5 cm³/mol. The summed E-state index contributed by atoms with van der Waals surface area (Å²) < 4.78 is 22.3. The van der Waals surface area contributed by atoms with E-state index in [1.165, 1.54) is 0 Å². The maximum absolute atomic E-state index is 11.1. The van der Waals surface area contributed by atoms with Crippen LogP contribution in [0.3, 0.4) is 0 Å². The third-order valence-corrected chi connectivity index (χ3v) is 3.78. The van der Waals surface area contributed by atoms with Gasteiger partial charge in [0.2, 0.25) is 0 Å². The van der Waals surface area contributed by atoms with Gasteiger partial charge >= 0.3 is 0 Å². The molecule has 0 saturated heterocycles. The average Bonchev–Trinajstić information content (AvgIpc) is 2.38. The van der Waals surface area contributed by atoms with Crippen LogP contribution in [0.2, 0.25) is 0 Å². The van der Waals surface area contributed by atoms with Gasteiger partial charge in [-0.15, -0.1) is 0 Å². The molecule has 2 rings (SSSR count). The summed E-state index contributed by atoms with van der Waals surface area (Å²) in [6.07, 6.45) is 0.147. The fraction of sp³-hybridized carbons (Fsp3) is 0.200. The zero-order valence-corrected chi connectivity index (χ0v) is 11.5. The summed E-state index contributed by atoms with van der Waals surface area (Å²) >= 11 is 0. The second-order valence-corrected chi connectivity index (χ2v) is 6.78. The van der Waals surface area contributed by atoms with Crippen LogP contribution in [0.5, 0.6) is 0 Å². The van der Waals surface area contributed by atoms with Gasteiger partial charge in [-0.05, 0) is 16.7 Å². The van der Waals surface area contributed by atoms with Crippen LogP contribution < -0.4 is 0 Å². The Morgan fingerprint density at radius 1 is 0.947 bits per heavy atom. The molecular weight excluding hydrogens is 260 g/mol. The molecule has 19 heavy (non-hydrogen) atoms. The SMILES string of the molecule is CS(=O)(=O)CC(O)c1ccc(-c2ccccc2)cc1.